The van der Waals surface area contributed by atoms with Crippen molar-refractivity contribution in [1.29, 1.82) is 0 Å². The van der Waals surface area contributed by atoms with Gasteiger partial charge in [-0.15, -0.1) is 0 Å². The Balaban J connectivity index is 2.15. The van der Waals surface area contributed by atoms with Gasteiger partial charge in [-0.1, -0.05) is 31.2 Å². The van der Waals surface area contributed by atoms with Crippen LogP contribution in [0, 0.1) is 0 Å². The van der Waals surface area contributed by atoms with E-state index in [9.17, 15) is 0 Å². The van der Waals surface area contributed by atoms with E-state index >= 15 is 0 Å². The number of nitrogens with two attached hydrogens (primary N) is 1. The Kier molecular flexibility index (Phi) is 5.13. The van der Waals surface area contributed by atoms with Crippen LogP contribution in [0.1, 0.15) is 24.5 Å². The van der Waals surface area contributed by atoms with Gasteiger partial charge in [-0.2, -0.15) is 0 Å². The second-order valence-corrected chi connectivity index (χ2v) is 5.22. The minimum atomic E-state index is 0.225. The van der Waals surface area contributed by atoms with Gasteiger partial charge >= 0.3 is 0 Å². The predicted octanol–water partition coefficient (Wildman–Crippen LogP) is 3.00. The molecule has 0 aliphatic heterocycles. The fraction of sp³-hybridized carbons (Fsp3) is 0.353. The van der Waals surface area contributed by atoms with Crippen LogP contribution in [0.15, 0.2) is 48.8 Å². The molecule has 1 atom stereocenters. The summed E-state index contributed by atoms with van der Waals surface area (Å²) in [6.45, 7) is 2.98. The molecule has 1 heterocycles. The van der Waals surface area contributed by atoms with Crippen molar-refractivity contribution in [1.82, 2.24) is 4.98 Å². The summed E-state index contributed by atoms with van der Waals surface area (Å²) in [5.74, 6) is 0. The Morgan fingerprint density at radius 3 is 2.70 bits per heavy atom. The summed E-state index contributed by atoms with van der Waals surface area (Å²) >= 11 is 0. The largest absolute Gasteiger partial charge is 0.370 e. The topological polar surface area (TPSA) is 42.1 Å². The van der Waals surface area contributed by atoms with E-state index in [1.807, 2.05) is 12.3 Å². The molecule has 2 aromatic rings. The average Bonchev–Trinajstić information content (AvgIpc) is 2.48. The highest BCUT2D eigenvalue weighted by Crippen LogP contribution is 2.22. The van der Waals surface area contributed by atoms with Crippen LogP contribution < -0.4 is 10.6 Å². The number of hydrogen-bond acceptors (Lipinski definition) is 3. The van der Waals surface area contributed by atoms with E-state index in [-0.39, 0.29) is 6.04 Å². The van der Waals surface area contributed by atoms with Gasteiger partial charge in [0.05, 0.1) is 0 Å². The highest BCUT2D eigenvalue weighted by atomic mass is 15.1. The fourth-order valence-corrected chi connectivity index (χ4v) is 2.33. The Bertz CT molecular complexity index is 525. The standard InChI is InChI=1S/C17H23N3/c1-3-16(18)11-15-8-4-5-9-17(15)20(2)13-14-7-6-10-19-12-14/h4-10,12,16H,3,11,13,18H2,1-2H3. The third kappa shape index (κ3) is 3.81. The number of benzene rings is 1. The monoisotopic (exact) mass is 269 g/mol. The smallest absolute Gasteiger partial charge is 0.0441 e. The second kappa shape index (κ2) is 7.06. The number of aromatic nitrogens is 1. The van der Waals surface area contributed by atoms with Crippen LogP contribution in [0.3, 0.4) is 0 Å². The van der Waals surface area contributed by atoms with E-state index in [2.05, 4.69) is 54.2 Å². The fourth-order valence-electron chi connectivity index (χ4n) is 2.33. The summed E-state index contributed by atoms with van der Waals surface area (Å²) in [7, 11) is 2.11. The second-order valence-electron chi connectivity index (χ2n) is 5.22. The molecule has 0 aliphatic carbocycles. The first kappa shape index (κ1) is 14.5. The van der Waals surface area contributed by atoms with Crippen LogP contribution in [0.4, 0.5) is 5.69 Å². The van der Waals surface area contributed by atoms with Gasteiger partial charge in [0.1, 0.15) is 0 Å². The summed E-state index contributed by atoms with van der Waals surface area (Å²) in [5.41, 5.74) is 9.87. The highest BCUT2D eigenvalue weighted by molar-refractivity contribution is 5.53. The molecule has 0 aliphatic rings. The van der Waals surface area contributed by atoms with E-state index in [0.29, 0.717) is 0 Å². The number of hydrogen-bond donors (Lipinski definition) is 1. The van der Waals surface area contributed by atoms with Crippen molar-refractivity contribution >= 4 is 5.69 Å². The van der Waals surface area contributed by atoms with Crippen LogP contribution in [0.2, 0.25) is 0 Å². The van der Waals surface area contributed by atoms with Crippen LogP contribution in [-0.2, 0) is 13.0 Å². The van der Waals surface area contributed by atoms with Gasteiger partial charge in [0.25, 0.3) is 0 Å². The molecule has 1 aromatic heterocycles. The molecule has 1 aromatic carbocycles. The van der Waals surface area contributed by atoms with Gasteiger partial charge < -0.3 is 10.6 Å². The van der Waals surface area contributed by atoms with E-state index < -0.39 is 0 Å². The van der Waals surface area contributed by atoms with Crippen molar-refractivity contribution in [3.05, 3.63) is 59.9 Å². The quantitative estimate of drug-likeness (QED) is 0.876. The number of pyridine rings is 1. The molecular formula is C17H23N3. The molecule has 0 saturated heterocycles. The zero-order chi connectivity index (χ0) is 14.4. The Labute approximate surface area is 121 Å². The van der Waals surface area contributed by atoms with Crippen molar-refractivity contribution in [2.75, 3.05) is 11.9 Å². The average molecular weight is 269 g/mol. The first-order valence-electron chi connectivity index (χ1n) is 7.14. The third-order valence-electron chi connectivity index (χ3n) is 3.55. The number of rotatable bonds is 6. The molecule has 0 fully saturated rings. The van der Waals surface area contributed by atoms with E-state index in [4.69, 9.17) is 5.73 Å². The first-order valence-corrected chi connectivity index (χ1v) is 7.14. The molecule has 3 nitrogen and oxygen atoms in total. The first-order chi connectivity index (χ1) is 9.70. The molecule has 3 heteroatoms. The molecule has 0 bridgehead atoms. The minimum absolute atomic E-state index is 0.225. The lowest BCUT2D eigenvalue weighted by Crippen LogP contribution is -2.24. The highest BCUT2D eigenvalue weighted by Gasteiger charge is 2.10. The van der Waals surface area contributed by atoms with Crippen LogP contribution in [0.5, 0.6) is 0 Å². The zero-order valence-corrected chi connectivity index (χ0v) is 12.3. The summed E-state index contributed by atoms with van der Waals surface area (Å²) in [6, 6.07) is 12.8. The third-order valence-corrected chi connectivity index (χ3v) is 3.55. The van der Waals surface area contributed by atoms with Crippen LogP contribution >= 0.6 is 0 Å². The van der Waals surface area contributed by atoms with E-state index in [1.165, 1.54) is 16.8 Å². The summed E-state index contributed by atoms with van der Waals surface area (Å²) in [6.07, 6.45) is 5.64. The molecule has 0 radical (unpaired) electrons. The number of para-hydroxylation sites is 1. The Morgan fingerprint density at radius 2 is 2.00 bits per heavy atom. The zero-order valence-electron chi connectivity index (χ0n) is 12.3. The maximum atomic E-state index is 6.10. The molecular weight excluding hydrogens is 246 g/mol. The van der Waals surface area contributed by atoms with Gasteiger partial charge in [0.15, 0.2) is 0 Å². The SMILES string of the molecule is CCC(N)Cc1ccccc1N(C)Cc1cccnc1. The molecule has 0 spiro atoms. The maximum Gasteiger partial charge on any atom is 0.0441 e. The van der Waals surface area contributed by atoms with Crippen molar-refractivity contribution in [3.63, 3.8) is 0 Å². The maximum absolute atomic E-state index is 6.10. The predicted molar refractivity (Wildman–Crippen MR) is 84.8 cm³/mol. The van der Waals surface area contributed by atoms with E-state index in [1.54, 1.807) is 6.20 Å². The van der Waals surface area contributed by atoms with Crippen molar-refractivity contribution in [3.8, 4) is 0 Å². The van der Waals surface area contributed by atoms with E-state index in [0.717, 1.165) is 19.4 Å². The van der Waals surface area contributed by atoms with Crippen LogP contribution in [0.25, 0.3) is 0 Å². The van der Waals surface area contributed by atoms with Crippen molar-refractivity contribution < 1.29 is 0 Å². The van der Waals surface area contributed by atoms with Gasteiger partial charge in [0.2, 0.25) is 0 Å². The van der Waals surface area contributed by atoms with Gasteiger partial charge in [-0.25, -0.2) is 0 Å². The Hall–Kier alpha value is -1.87. The van der Waals surface area contributed by atoms with Crippen molar-refractivity contribution in [2.24, 2.45) is 5.73 Å². The van der Waals surface area contributed by atoms with Gasteiger partial charge in [-0.3, -0.25) is 4.98 Å². The molecule has 2 rings (SSSR count). The minimum Gasteiger partial charge on any atom is -0.370 e. The molecule has 2 N–H and O–H groups in total. The van der Waals surface area contributed by atoms with Gasteiger partial charge in [0, 0.05) is 37.7 Å². The molecule has 20 heavy (non-hydrogen) atoms. The lowest BCUT2D eigenvalue weighted by Gasteiger charge is -2.23. The Morgan fingerprint density at radius 1 is 1.20 bits per heavy atom. The van der Waals surface area contributed by atoms with Crippen molar-refractivity contribution in [2.45, 2.75) is 32.4 Å². The van der Waals surface area contributed by atoms with Crippen LogP contribution in [-0.4, -0.2) is 18.1 Å². The molecule has 1 unspecified atom stereocenters. The molecule has 0 saturated carbocycles. The van der Waals surface area contributed by atoms with Gasteiger partial charge in [-0.05, 0) is 36.1 Å². The summed E-state index contributed by atoms with van der Waals surface area (Å²) < 4.78 is 0. The summed E-state index contributed by atoms with van der Waals surface area (Å²) in [5, 5.41) is 0. The normalized spacial score (nSPS) is 12.2. The molecule has 0 amide bonds. The number of anilines is 1. The molecule has 106 valence electrons. The lowest BCUT2D eigenvalue weighted by molar-refractivity contribution is 0.645. The summed E-state index contributed by atoms with van der Waals surface area (Å²) in [4.78, 5) is 6.43. The lowest BCUT2D eigenvalue weighted by atomic mass is 10.0. The number of nitrogens with zero attached hydrogens (tertiary/aromatic N) is 2.